The van der Waals surface area contributed by atoms with Crippen LogP contribution in [-0.2, 0) is 0 Å². The van der Waals surface area contributed by atoms with Crippen molar-refractivity contribution in [3.05, 3.63) is 133 Å². The van der Waals surface area contributed by atoms with Crippen LogP contribution in [0.1, 0.15) is 5.56 Å². The summed E-state index contributed by atoms with van der Waals surface area (Å²) < 4.78 is 6.52. The minimum atomic E-state index is 0.616. The number of para-hydroxylation sites is 1. The van der Waals surface area contributed by atoms with E-state index < -0.39 is 0 Å². The Kier molecular flexibility index (Phi) is 5.46. The molecule has 0 N–H and O–H groups in total. The van der Waals surface area contributed by atoms with Gasteiger partial charge >= 0.3 is 0 Å². The molecule has 0 aliphatic rings. The van der Waals surface area contributed by atoms with Crippen LogP contribution in [0.5, 0.6) is 0 Å². The van der Waals surface area contributed by atoms with E-state index in [1.807, 2.05) is 97.1 Å². The minimum Gasteiger partial charge on any atom is -0.455 e. The van der Waals surface area contributed by atoms with Crippen molar-refractivity contribution in [2.75, 3.05) is 0 Å². The molecule has 0 aliphatic heterocycles. The quantitative estimate of drug-likeness (QED) is 0.242. The smallest absolute Gasteiger partial charge is 0.160 e. The fourth-order valence-electron chi connectivity index (χ4n) is 5.06. The second-order valence-corrected chi connectivity index (χ2v) is 9.35. The Bertz CT molecular complexity index is 1940. The van der Waals surface area contributed by atoms with Crippen molar-refractivity contribution in [2.45, 2.75) is 0 Å². The Labute approximate surface area is 225 Å². The fourth-order valence-corrected chi connectivity index (χ4v) is 5.06. The van der Waals surface area contributed by atoms with Gasteiger partial charge in [0.1, 0.15) is 11.2 Å². The first-order chi connectivity index (χ1) is 19.3. The molecule has 2 aromatic heterocycles. The molecular weight excluding hydrogens is 478 g/mol. The van der Waals surface area contributed by atoms with E-state index in [0.717, 1.165) is 61.1 Å². The number of fused-ring (bicyclic) bond motifs is 3. The molecule has 182 valence electrons. The lowest BCUT2D eigenvalue weighted by Gasteiger charge is -2.14. The maximum Gasteiger partial charge on any atom is 0.160 e. The first-order valence-corrected chi connectivity index (χ1v) is 12.7. The van der Waals surface area contributed by atoms with Crippen molar-refractivity contribution in [2.24, 2.45) is 0 Å². The Morgan fingerprint density at radius 2 is 1.23 bits per heavy atom. The Morgan fingerprint density at radius 1 is 0.564 bits per heavy atom. The van der Waals surface area contributed by atoms with Crippen LogP contribution in [0, 0.1) is 11.3 Å². The fraction of sp³-hybridized carbons (Fsp3) is 0. The van der Waals surface area contributed by atoms with Gasteiger partial charge in [0.25, 0.3) is 0 Å². The first-order valence-electron chi connectivity index (χ1n) is 12.7. The lowest BCUT2D eigenvalue weighted by atomic mass is 9.93. The highest BCUT2D eigenvalue weighted by molar-refractivity contribution is 6.12. The summed E-state index contributed by atoms with van der Waals surface area (Å²) in [4.78, 5) is 10.1. The van der Waals surface area contributed by atoms with Crippen molar-refractivity contribution in [3.63, 3.8) is 0 Å². The third-order valence-corrected chi connectivity index (χ3v) is 6.96. The standard InChI is InChI=1S/C35H21N3O/c36-22-23-15-17-24(18-16-23)27-19-20-29-28-13-7-8-14-32(28)39-34(29)33(27)31-21-30(25-9-3-1-4-10-25)37-35(38-31)26-11-5-2-6-12-26/h1-21H. The van der Waals surface area contributed by atoms with Crippen LogP contribution in [0.4, 0.5) is 0 Å². The molecule has 7 aromatic rings. The number of nitrogens with zero attached hydrogens (tertiary/aromatic N) is 3. The Balaban J connectivity index is 1.57. The molecule has 0 saturated heterocycles. The van der Waals surface area contributed by atoms with Crippen LogP contribution in [0.2, 0.25) is 0 Å². The van der Waals surface area contributed by atoms with E-state index in [9.17, 15) is 5.26 Å². The number of furan rings is 1. The Hall–Kier alpha value is -5.53. The molecule has 0 fully saturated rings. The third-order valence-electron chi connectivity index (χ3n) is 6.96. The summed E-state index contributed by atoms with van der Waals surface area (Å²) in [6.45, 7) is 0. The van der Waals surface area contributed by atoms with Gasteiger partial charge < -0.3 is 4.42 Å². The minimum absolute atomic E-state index is 0.616. The molecule has 2 heterocycles. The molecule has 0 unspecified atom stereocenters. The monoisotopic (exact) mass is 499 g/mol. The van der Waals surface area contributed by atoms with Crippen LogP contribution < -0.4 is 0 Å². The number of hydrogen-bond donors (Lipinski definition) is 0. The van der Waals surface area contributed by atoms with Crippen LogP contribution in [0.15, 0.2) is 132 Å². The maximum absolute atomic E-state index is 9.35. The third kappa shape index (κ3) is 4.03. The number of hydrogen-bond acceptors (Lipinski definition) is 4. The molecule has 4 heteroatoms. The summed E-state index contributed by atoms with van der Waals surface area (Å²) in [6, 6.07) is 44.4. The van der Waals surface area contributed by atoms with E-state index in [-0.39, 0.29) is 0 Å². The Morgan fingerprint density at radius 3 is 1.97 bits per heavy atom. The van der Waals surface area contributed by atoms with Crippen molar-refractivity contribution >= 4 is 21.9 Å². The van der Waals surface area contributed by atoms with Gasteiger partial charge in [-0.2, -0.15) is 5.26 Å². The highest BCUT2D eigenvalue weighted by Gasteiger charge is 2.20. The highest BCUT2D eigenvalue weighted by atomic mass is 16.3. The van der Waals surface area contributed by atoms with Crippen molar-refractivity contribution in [3.8, 4) is 51.1 Å². The summed E-state index contributed by atoms with van der Waals surface area (Å²) in [5, 5.41) is 11.4. The van der Waals surface area contributed by atoms with Gasteiger partial charge in [0.05, 0.1) is 28.6 Å². The average Bonchev–Trinajstić information content (AvgIpc) is 3.40. The summed E-state index contributed by atoms with van der Waals surface area (Å²) in [7, 11) is 0. The lowest BCUT2D eigenvalue weighted by molar-refractivity contribution is 0.670. The largest absolute Gasteiger partial charge is 0.455 e. The van der Waals surface area contributed by atoms with Gasteiger partial charge in [0, 0.05) is 21.9 Å². The summed E-state index contributed by atoms with van der Waals surface area (Å²) >= 11 is 0. The van der Waals surface area contributed by atoms with Gasteiger partial charge in [-0.3, -0.25) is 0 Å². The zero-order valence-corrected chi connectivity index (χ0v) is 20.9. The first kappa shape index (κ1) is 22.7. The van der Waals surface area contributed by atoms with Gasteiger partial charge in [-0.15, -0.1) is 0 Å². The molecule has 0 aliphatic carbocycles. The molecule has 0 saturated carbocycles. The van der Waals surface area contributed by atoms with Gasteiger partial charge in [0.2, 0.25) is 0 Å². The van der Waals surface area contributed by atoms with E-state index in [0.29, 0.717) is 11.4 Å². The van der Waals surface area contributed by atoms with Gasteiger partial charge in [-0.25, -0.2) is 9.97 Å². The topological polar surface area (TPSA) is 62.7 Å². The van der Waals surface area contributed by atoms with Crippen molar-refractivity contribution in [1.82, 2.24) is 9.97 Å². The molecule has 0 spiro atoms. The van der Waals surface area contributed by atoms with Gasteiger partial charge in [-0.05, 0) is 41.5 Å². The van der Waals surface area contributed by atoms with E-state index >= 15 is 0 Å². The number of rotatable bonds is 4. The predicted molar refractivity (Wildman–Crippen MR) is 156 cm³/mol. The zero-order valence-electron chi connectivity index (χ0n) is 20.9. The van der Waals surface area contributed by atoms with Crippen molar-refractivity contribution in [1.29, 1.82) is 5.26 Å². The predicted octanol–water partition coefficient (Wildman–Crippen LogP) is 8.92. The number of benzene rings is 5. The second-order valence-electron chi connectivity index (χ2n) is 9.35. The van der Waals surface area contributed by atoms with Crippen LogP contribution >= 0.6 is 0 Å². The highest BCUT2D eigenvalue weighted by Crippen LogP contribution is 2.42. The lowest BCUT2D eigenvalue weighted by Crippen LogP contribution is -1.97. The van der Waals surface area contributed by atoms with Crippen LogP contribution in [0.3, 0.4) is 0 Å². The van der Waals surface area contributed by atoms with Crippen LogP contribution in [-0.4, -0.2) is 9.97 Å². The van der Waals surface area contributed by atoms with E-state index in [4.69, 9.17) is 14.4 Å². The van der Waals surface area contributed by atoms with Crippen LogP contribution in [0.25, 0.3) is 67.0 Å². The molecule has 0 amide bonds. The van der Waals surface area contributed by atoms with E-state index in [1.165, 1.54) is 0 Å². The molecule has 7 rings (SSSR count). The van der Waals surface area contributed by atoms with E-state index in [1.54, 1.807) is 0 Å². The molecule has 0 bridgehead atoms. The summed E-state index contributed by atoms with van der Waals surface area (Å²) in [6.07, 6.45) is 0. The average molecular weight is 500 g/mol. The van der Waals surface area contributed by atoms with Gasteiger partial charge in [0.15, 0.2) is 5.82 Å². The van der Waals surface area contributed by atoms with Crippen molar-refractivity contribution < 1.29 is 4.42 Å². The second kappa shape index (κ2) is 9.41. The summed E-state index contributed by atoms with van der Waals surface area (Å²) in [5.74, 6) is 0.644. The molecule has 0 radical (unpaired) electrons. The molecule has 5 aromatic carbocycles. The molecule has 39 heavy (non-hydrogen) atoms. The maximum atomic E-state index is 9.35. The van der Waals surface area contributed by atoms with E-state index in [2.05, 4.69) is 36.4 Å². The molecule has 4 nitrogen and oxygen atoms in total. The molecular formula is C35H21N3O. The number of nitriles is 1. The normalized spacial score (nSPS) is 11.1. The zero-order chi connectivity index (χ0) is 26.2. The summed E-state index contributed by atoms with van der Waals surface area (Å²) in [5.41, 5.74) is 8.61. The SMILES string of the molecule is N#Cc1ccc(-c2ccc3c(oc4ccccc43)c2-c2cc(-c3ccccc3)nc(-c3ccccc3)n2)cc1. The van der Waals surface area contributed by atoms with Gasteiger partial charge in [-0.1, -0.05) is 97.1 Å². The number of aromatic nitrogens is 2. The molecule has 0 atom stereocenters.